The van der Waals surface area contributed by atoms with Gasteiger partial charge in [-0.25, -0.2) is 14.1 Å². The van der Waals surface area contributed by atoms with Gasteiger partial charge in [-0.2, -0.15) is 10.1 Å². The number of carbonyl (C=O) groups is 1. The minimum Gasteiger partial charge on any atom is -0.495 e. The quantitative estimate of drug-likeness (QED) is 0.514. The van der Waals surface area contributed by atoms with E-state index >= 15 is 0 Å². The number of hydrogen-bond acceptors (Lipinski definition) is 10. The summed E-state index contributed by atoms with van der Waals surface area (Å²) in [7, 11) is 1.58. The summed E-state index contributed by atoms with van der Waals surface area (Å²) in [6.07, 6.45) is 8.41. The first-order valence-corrected chi connectivity index (χ1v) is 11.4. The summed E-state index contributed by atoms with van der Waals surface area (Å²) < 4.78 is 7.54. The predicted octanol–water partition coefficient (Wildman–Crippen LogP) is 3.87. The molecule has 9 nitrogen and oxygen atoms in total. The molecule has 1 aromatic heterocycles. The third-order valence-electron chi connectivity index (χ3n) is 6.06. The van der Waals surface area contributed by atoms with Gasteiger partial charge in [-0.1, -0.05) is 19.8 Å². The number of fused-ring (bicyclic) bond motifs is 3. The number of amidine groups is 1. The van der Waals surface area contributed by atoms with Crippen LogP contribution in [0.3, 0.4) is 0 Å². The zero-order valence-corrected chi connectivity index (χ0v) is 18.4. The monoisotopic (exact) mass is 439 g/mol. The molecular formula is C21H25N7O2S. The summed E-state index contributed by atoms with van der Waals surface area (Å²) in [6.45, 7) is 2.20. The molecule has 31 heavy (non-hydrogen) atoms. The Kier molecular flexibility index (Phi) is 5.31. The highest BCUT2D eigenvalue weighted by Gasteiger charge is 2.43. The molecule has 0 saturated heterocycles. The van der Waals surface area contributed by atoms with Crippen LogP contribution in [0.5, 0.6) is 5.75 Å². The lowest BCUT2D eigenvalue weighted by Crippen LogP contribution is -2.54. The van der Waals surface area contributed by atoms with Gasteiger partial charge in [0.05, 0.1) is 37.2 Å². The van der Waals surface area contributed by atoms with Crippen molar-refractivity contribution in [3.05, 3.63) is 30.0 Å². The SMILES string of the molecule is CC[C@H]1C2=NNSN2c2cnc(Nc3ccc(C=O)cc3OC)nc2N1C1CCCC1. The molecule has 0 unspecified atom stereocenters. The van der Waals surface area contributed by atoms with Crippen molar-refractivity contribution in [1.29, 1.82) is 0 Å². The fourth-order valence-corrected chi connectivity index (χ4v) is 5.31. The van der Waals surface area contributed by atoms with Crippen LogP contribution in [0.25, 0.3) is 0 Å². The van der Waals surface area contributed by atoms with E-state index in [9.17, 15) is 4.79 Å². The van der Waals surface area contributed by atoms with Crippen LogP contribution in [-0.4, -0.2) is 41.3 Å². The third kappa shape index (κ3) is 3.44. The number of nitrogens with zero attached hydrogens (tertiary/aromatic N) is 5. The number of aldehydes is 1. The molecule has 3 aliphatic rings. The topological polar surface area (TPSA) is 95.0 Å². The van der Waals surface area contributed by atoms with Crippen LogP contribution in [0.15, 0.2) is 29.5 Å². The van der Waals surface area contributed by atoms with Crippen LogP contribution >= 0.6 is 12.1 Å². The second-order valence-electron chi connectivity index (χ2n) is 7.82. The normalized spacial score (nSPS) is 20.1. The second-order valence-corrected chi connectivity index (χ2v) is 8.55. The molecule has 0 amide bonds. The lowest BCUT2D eigenvalue weighted by Gasteiger charge is -2.43. The van der Waals surface area contributed by atoms with Gasteiger partial charge >= 0.3 is 0 Å². The molecule has 2 N–H and O–H groups in total. The molecule has 1 fully saturated rings. The highest BCUT2D eigenvalue weighted by molar-refractivity contribution is 7.99. The minimum absolute atomic E-state index is 0.169. The molecule has 1 aliphatic carbocycles. The molecule has 1 atom stereocenters. The van der Waals surface area contributed by atoms with Crippen LogP contribution < -0.4 is 24.1 Å². The van der Waals surface area contributed by atoms with E-state index in [0.29, 0.717) is 29.0 Å². The summed E-state index contributed by atoms with van der Waals surface area (Å²) in [5, 5.41) is 7.82. The van der Waals surface area contributed by atoms with Gasteiger partial charge < -0.3 is 15.0 Å². The first kappa shape index (κ1) is 19.9. The van der Waals surface area contributed by atoms with Crippen molar-refractivity contribution in [2.75, 3.05) is 21.6 Å². The maximum absolute atomic E-state index is 11.1. The summed E-state index contributed by atoms with van der Waals surface area (Å²) in [4.78, 5) is 26.1. The summed E-state index contributed by atoms with van der Waals surface area (Å²) in [5.41, 5.74) is 2.21. The molecule has 2 aliphatic heterocycles. The smallest absolute Gasteiger partial charge is 0.229 e. The number of methoxy groups -OCH3 is 1. The zero-order chi connectivity index (χ0) is 21.4. The molecule has 2 aromatic rings. The van der Waals surface area contributed by atoms with Crippen molar-refractivity contribution >= 4 is 47.4 Å². The number of nitrogens with one attached hydrogen (secondary N) is 2. The van der Waals surface area contributed by atoms with E-state index in [2.05, 4.69) is 36.4 Å². The van der Waals surface area contributed by atoms with Crippen LogP contribution in [-0.2, 0) is 0 Å². The van der Waals surface area contributed by atoms with Gasteiger partial charge in [0.25, 0.3) is 0 Å². The molecule has 162 valence electrons. The number of aromatic nitrogens is 2. The highest BCUT2D eigenvalue weighted by atomic mass is 32.2. The fourth-order valence-electron chi connectivity index (χ4n) is 4.61. The molecule has 5 rings (SSSR count). The van der Waals surface area contributed by atoms with Crippen molar-refractivity contribution in [2.24, 2.45) is 5.10 Å². The van der Waals surface area contributed by atoms with E-state index in [1.54, 1.807) is 25.3 Å². The van der Waals surface area contributed by atoms with Gasteiger partial charge in [0, 0.05) is 11.6 Å². The number of carbonyl (C=O) groups excluding carboxylic acids is 1. The molecule has 10 heteroatoms. The standard InChI is InChI=1S/C21H25N7O2S/c1-3-16-20-25-26-31-28(20)17-11-22-21(24-19(17)27(16)14-6-4-5-7-14)23-15-9-8-13(12-29)10-18(15)30-2/h8-12,14,16,26H,3-7H2,1-2H3,(H,22,23,24)/t16-/m0/s1. The zero-order valence-electron chi connectivity index (χ0n) is 17.5. The van der Waals surface area contributed by atoms with Crippen molar-refractivity contribution in [3.8, 4) is 5.75 Å². The number of ether oxygens (including phenoxy) is 1. The number of benzene rings is 1. The summed E-state index contributed by atoms with van der Waals surface area (Å²) in [5.74, 6) is 3.00. The molecule has 0 spiro atoms. The largest absolute Gasteiger partial charge is 0.495 e. The van der Waals surface area contributed by atoms with Crippen molar-refractivity contribution in [1.82, 2.24) is 14.8 Å². The van der Waals surface area contributed by atoms with Gasteiger partial charge in [0.2, 0.25) is 5.95 Å². The Hall–Kier alpha value is -3.01. The predicted molar refractivity (Wildman–Crippen MR) is 123 cm³/mol. The van der Waals surface area contributed by atoms with E-state index < -0.39 is 0 Å². The highest BCUT2D eigenvalue weighted by Crippen LogP contribution is 2.44. The van der Waals surface area contributed by atoms with Gasteiger partial charge in [0.15, 0.2) is 11.7 Å². The van der Waals surface area contributed by atoms with Gasteiger partial charge in [0.1, 0.15) is 17.7 Å². The number of hydrogen-bond donors (Lipinski definition) is 2. The van der Waals surface area contributed by atoms with E-state index in [1.807, 2.05) is 6.20 Å². The van der Waals surface area contributed by atoms with E-state index in [0.717, 1.165) is 42.9 Å². The Morgan fingerprint density at radius 1 is 1.35 bits per heavy atom. The maximum Gasteiger partial charge on any atom is 0.229 e. The van der Waals surface area contributed by atoms with Gasteiger partial charge in [-0.15, -0.1) is 0 Å². The lowest BCUT2D eigenvalue weighted by atomic mass is 10.0. The summed E-state index contributed by atoms with van der Waals surface area (Å²) in [6, 6.07) is 5.86. The van der Waals surface area contributed by atoms with Crippen LogP contribution in [0.2, 0.25) is 0 Å². The Morgan fingerprint density at radius 2 is 2.19 bits per heavy atom. The lowest BCUT2D eigenvalue weighted by molar-refractivity contribution is 0.112. The number of anilines is 4. The Bertz CT molecular complexity index is 1020. The second kappa shape index (κ2) is 8.26. The van der Waals surface area contributed by atoms with Gasteiger partial charge in [-0.3, -0.25) is 4.79 Å². The molecule has 0 bridgehead atoms. The average Bonchev–Trinajstić information content (AvgIpc) is 3.50. The van der Waals surface area contributed by atoms with Gasteiger partial charge in [-0.05, 0) is 37.5 Å². The molecule has 3 heterocycles. The van der Waals surface area contributed by atoms with Crippen molar-refractivity contribution < 1.29 is 9.53 Å². The maximum atomic E-state index is 11.1. The average molecular weight is 440 g/mol. The first-order valence-electron chi connectivity index (χ1n) is 10.6. The number of rotatable bonds is 6. The van der Waals surface area contributed by atoms with E-state index in [4.69, 9.17) is 9.72 Å². The number of hydrazone groups is 1. The third-order valence-corrected chi connectivity index (χ3v) is 6.80. The minimum atomic E-state index is 0.169. The summed E-state index contributed by atoms with van der Waals surface area (Å²) >= 11 is 1.45. The first-order chi connectivity index (χ1) is 15.2. The van der Waals surface area contributed by atoms with Crippen molar-refractivity contribution in [2.45, 2.75) is 51.1 Å². The van der Waals surface area contributed by atoms with E-state index in [-0.39, 0.29) is 6.04 Å². The Labute approximate surface area is 185 Å². The van der Waals surface area contributed by atoms with Crippen LogP contribution in [0, 0.1) is 0 Å². The Balaban J connectivity index is 1.54. The van der Waals surface area contributed by atoms with Crippen LogP contribution in [0.1, 0.15) is 49.4 Å². The molecule has 0 radical (unpaired) electrons. The van der Waals surface area contributed by atoms with Crippen molar-refractivity contribution in [3.63, 3.8) is 0 Å². The van der Waals surface area contributed by atoms with E-state index in [1.165, 1.54) is 25.0 Å². The van der Waals surface area contributed by atoms with Crippen LogP contribution in [0.4, 0.5) is 23.1 Å². The Morgan fingerprint density at radius 3 is 2.94 bits per heavy atom. The molecular weight excluding hydrogens is 414 g/mol. The molecule has 1 saturated carbocycles. The molecule has 1 aromatic carbocycles. The fraction of sp³-hybridized carbons (Fsp3) is 0.429.